The number of nitrogens with zero attached hydrogens (tertiary/aromatic N) is 1. The third-order valence-electron chi connectivity index (χ3n) is 2.46. The Morgan fingerprint density at radius 1 is 1.50 bits per heavy atom. The first-order valence-corrected chi connectivity index (χ1v) is 5.68. The molecule has 0 amide bonds. The number of benzene rings is 1. The second-order valence-electron chi connectivity index (χ2n) is 3.59. The van der Waals surface area contributed by atoms with Crippen LogP contribution in [0.15, 0.2) is 18.2 Å². The van der Waals surface area contributed by atoms with Gasteiger partial charge in [-0.25, -0.2) is 4.98 Å². The molecule has 1 heterocycles. The molecule has 0 saturated heterocycles. The van der Waals surface area contributed by atoms with Crippen LogP contribution in [0, 0.1) is 0 Å². The Bertz CT molecular complexity index is 447. The summed E-state index contributed by atoms with van der Waals surface area (Å²) in [6.45, 7) is 4.40. The molecular weight excluding hydrogens is 192 g/mol. The fourth-order valence-corrected chi connectivity index (χ4v) is 2.49. The maximum Gasteiger partial charge on any atom is 0.0966 e. The highest BCUT2D eigenvalue weighted by molar-refractivity contribution is 7.18. The molecule has 0 aliphatic heterocycles. The third kappa shape index (κ3) is 1.60. The van der Waals surface area contributed by atoms with E-state index in [9.17, 15) is 0 Å². The Morgan fingerprint density at radius 2 is 2.29 bits per heavy atom. The number of nitrogen functional groups attached to an aromatic ring is 1. The smallest absolute Gasteiger partial charge is 0.0966 e. The van der Waals surface area contributed by atoms with Crippen LogP contribution in [0.25, 0.3) is 10.2 Å². The fraction of sp³-hybridized carbons (Fsp3) is 0.364. The second kappa shape index (κ2) is 3.58. The van der Waals surface area contributed by atoms with Crippen molar-refractivity contribution in [2.45, 2.75) is 26.2 Å². The van der Waals surface area contributed by atoms with Gasteiger partial charge in [-0.2, -0.15) is 0 Å². The zero-order chi connectivity index (χ0) is 10.1. The van der Waals surface area contributed by atoms with Gasteiger partial charge >= 0.3 is 0 Å². The number of hydrogen-bond acceptors (Lipinski definition) is 3. The molecule has 1 aromatic heterocycles. The molecule has 3 heteroatoms. The Morgan fingerprint density at radius 3 is 3.00 bits per heavy atom. The van der Waals surface area contributed by atoms with Crippen LogP contribution in [0.1, 0.15) is 31.2 Å². The largest absolute Gasteiger partial charge is 0.399 e. The van der Waals surface area contributed by atoms with Gasteiger partial charge in [0.05, 0.1) is 15.2 Å². The van der Waals surface area contributed by atoms with E-state index >= 15 is 0 Å². The molecule has 74 valence electrons. The van der Waals surface area contributed by atoms with Crippen molar-refractivity contribution >= 4 is 27.2 Å². The number of aromatic nitrogens is 1. The first-order valence-electron chi connectivity index (χ1n) is 4.86. The lowest BCUT2D eigenvalue weighted by Gasteiger charge is -2.00. The number of hydrogen-bond donors (Lipinski definition) is 1. The normalized spacial score (nSPS) is 13.3. The van der Waals surface area contributed by atoms with Crippen molar-refractivity contribution in [3.05, 3.63) is 23.2 Å². The summed E-state index contributed by atoms with van der Waals surface area (Å²) in [6, 6.07) is 5.90. The van der Waals surface area contributed by atoms with Crippen LogP contribution in [0.2, 0.25) is 0 Å². The molecule has 0 bridgehead atoms. The summed E-state index contributed by atoms with van der Waals surface area (Å²) < 4.78 is 1.19. The maximum absolute atomic E-state index is 5.72. The number of anilines is 1. The van der Waals surface area contributed by atoms with Crippen LogP contribution in [0.4, 0.5) is 5.69 Å². The number of rotatable bonds is 2. The Hall–Kier alpha value is -1.09. The third-order valence-corrected chi connectivity index (χ3v) is 3.71. The fourth-order valence-electron chi connectivity index (χ4n) is 1.34. The average molecular weight is 206 g/mol. The molecule has 1 atom stereocenters. The lowest BCUT2D eigenvalue weighted by molar-refractivity contribution is 0.729. The summed E-state index contributed by atoms with van der Waals surface area (Å²) in [7, 11) is 0. The zero-order valence-corrected chi connectivity index (χ0v) is 9.27. The van der Waals surface area contributed by atoms with Crippen LogP contribution in [-0.2, 0) is 0 Å². The lowest BCUT2D eigenvalue weighted by Crippen LogP contribution is -1.88. The summed E-state index contributed by atoms with van der Waals surface area (Å²) in [4.78, 5) is 4.59. The van der Waals surface area contributed by atoms with Gasteiger partial charge in [-0.1, -0.05) is 13.8 Å². The molecule has 0 saturated carbocycles. The van der Waals surface area contributed by atoms with Gasteiger partial charge in [-0.05, 0) is 24.6 Å². The van der Waals surface area contributed by atoms with Gasteiger partial charge in [0, 0.05) is 11.6 Å². The molecule has 0 fully saturated rings. The molecule has 1 unspecified atom stereocenters. The van der Waals surface area contributed by atoms with Crippen molar-refractivity contribution in [2.75, 3.05) is 5.73 Å². The van der Waals surface area contributed by atoms with Gasteiger partial charge in [0.1, 0.15) is 0 Å². The number of fused-ring (bicyclic) bond motifs is 1. The van der Waals surface area contributed by atoms with Crippen LogP contribution < -0.4 is 5.73 Å². The molecule has 0 aliphatic rings. The van der Waals surface area contributed by atoms with Crippen LogP contribution in [-0.4, -0.2) is 4.98 Å². The predicted molar refractivity (Wildman–Crippen MR) is 62.7 cm³/mol. The van der Waals surface area contributed by atoms with Gasteiger partial charge in [0.15, 0.2) is 0 Å². The highest BCUT2D eigenvalue weighted by atomic mass is 32.1. The van der Waals surface area contributed by atoms with E-state index in [0.29, 0.717) is 5.92 Å². The van der Waals surface area contributed by atoms with Gasteiger partial charge in [-0.15, -0.1) is 11.3 Å². The minimum absolute atomic E-state index is 0.550. The molecule has 2 N–H and O–H groups in total. The standard InChI is InChI=1S/C11H14N2S/c1-3-7(2)11-13-9-5-4-8(12)6-10(9)14-11/h4-7H,3,12H2,1-2H3. The highest BCUT2D eigenvalue weighted by Gasteiger charge is 2.09. The molecular formula is C11H14N2S. The van der Waals surface area contributed by atoms with Gasteiger partial charge in [-0.3, -0.25) is 0 Å². The molecule has 0 aliphatic carbocycles. The Balaban J connectivity index is 2.51. The minimum atomic E-state index is 0.550. The summed E-state index contributed by atoms with van der Waals surface area (Å²) in [6.07, 6.45) is 1.13. The maximum atomic E-state index is 5.72. The van der Waals surface area contributed by atoms with Crippen molar-refractivity contribution in [1.29, 1.82) is 0 Å². The second-order valence-corrected chi connectivity index (χ2v) is 4.65. The van der Waals surface area contributed by atoms with Gasteiger partial charge in [0.25, 0.3) is 0 Å². The van der Waals surface area contributed by atoms with E-state index in [1.54, 1.807) is 11.3 Å². The van der Waals surface area contributed by atoms with Crippen molar-refractivity contribution in [3.8, 4) is 0 Å². The van der Waals surface area contributed by atoms with Gasteiger partial charge in [0.2, 0.25) is 0 Å². The zero-order valence-electron chi connectivity index (χ0n) is 8.45. The van der Waals surface area contributed by atoms with Crippen molar-refractivity contribution < 1.29 is 0 Å². The predicted octanol–water partition coefficient (Wildman–Crippen LogP) is 3.39. The Kier molecular flexibility index (Phi) is 2.42. The van der Waals surface area contributed by atoms with Crippen LogP contribution in [0.5, 0.6) is 0 Å². The van der Waals surface area contributed by atoms with E-state index < -0.39 is 0 Å². The van der Waals surface area contributed by atoms with E-state index in [0.717, 1.165) is 17.6 Å². The molecule has 0 spiro atoms. The summed E-state index contributed by atoms with van der Waals surface area (Å²) in [5.74, 6) is 0.550. The molecule has 2 rings (SSSR count). The van der Waals surface area contributed by atoms with Crippen molar-refractivity contribution in [1.82, 2.24) is 4.98 Å². The van der Waals surface area contributed by atoms with E-state index in [-0.39, 0.29) is 0 Å². The summed E-state index contributed by atoms with van der Waals surface area (Å²) >= 11 is 1.75. The molecule has 2 aromatic rings. The molecule has 1 aromatic carbocycles. The first-order chi connectivity index (χ1) is 6.70. The van der Waals surface area contributed by atoms with Crippen LogP contribution in [0.3, 0.4) is 0 Å². The topological polar surface area (TPSA) is 38.9 Å². The monoisotopic (exact) mass is 206 g/mol. The Labute approximate surface area is 87.8 Å². The van der Waals surface area contributed by atoms with E-state index in [2.05, 4.69) is 18.8 Å². The minimum Gasteiger partial charge on any atom is -0.399 e. The summed E-state index contributed by atoms with van der Waals surface area (Å²) in [5, 5.41) is 1.22. The van der Waals surface area contributed by atoms with Crippen molar-refractivity contribution in [3.63, 3.8) is 0 Å². The molecule has 14 heavy (non-hydrogen) atoms. The van der Waals surface area contributed by atoms with E-state index in [1.807, 2.05) is 18.2 Å². The van der Waals surface area contributed by atoms with E-state index in [1.165, 1.54) is 9.71 Å². The summed E-state index contributed by atoms with van der Waals surface area (Å²) in [5.41, 5.74) is 7.61. The number of thiazole rings is 1. The number of nitrogens with two attached hydrogens (primary N) is 1. The SMILES string of the molecule is CCC(C)c1nc2ccc(N)cc2s1. The average Bonchev–Trinajstić information content (AvgIpc) is 2.59. The van der Waals surface area contributed by atoms with Crippen LogP contribution >= 0.6 is 11.3 Å². The first kappa shape index (κ1) is 9.46. The molecule has 0 radical (unpaired) electrons. The molecule has 2 nitrogen and oxygen atoms in total. The quantitative estimate of drug-likeness (QED) is 0.765. The van der Waals surface area contributed by atoms with E-state index in [4.69, 9.17) is 5.73 Å². The van der Waals surface area contributed by atoms with Crippen molar-refractivity contribution in [2.24, 2.45) is 0 Å². The highest BCUT2D eigenvalue weighted by Crippen LogP contribution is 2.29. The lowest BCUT2D eigenvalue weighted by atomic mass is 10.1. The van der Waals surface area contributed by atoms with Gasteiger partial charge < -0.3 is 5.73 Å².